The van der Waals surface area contributed by atoms with Crippen LogP contribution in [0.15, 0.2) is 47.4 Å². The Balaban J connectivity index is 0.968. The SMILES string of the molecule is Nc1nc2ncc(CNc3ccc(C(=O)N[C@@H](CCC(=O)NCCOCCOCCOCCOCCOCCN4C(=O)C=CC4=O)C(=O)O)cc3)nc2c(=O)[nH]1. The zero-order chi connectivity index (χ0) is 40.1. The molecule has 1 aromatic carbocycles. The Hall–Kier alpha value is -5.87. The van der Waals surface area contributed by atoms with Gasteiger partial charge in [-0.05, 0) is 30.7 Å². The van der Waals surface area contributed by atoms with Gasteiger partial charge in [-0.3, -0.25) is 33.9 Å². The van der Waals surface area contributed by atoms with E-state index in [4.69, 9.17) is 29.4 Å². The van der Waals surface area contributed by atoms with Crippen LogP contribution < -0.4 is 27.2 Å². The van der Waals surface area contributed by atoms with Crippen LogP contribution in [0.3, 0.4) is 0 Å². The van der Waals surface area contributed by atoms with Gasteiger partial charge in [0.15, 0.2) is 11.2 Å². The van der Waals surface area contributed by atoms with Crippen LogP contribution in [0, 0.1) is 0 Å². The van der Waals surface area contributed by atoms with Crippen LogP contribution in [0.4, 0.5) is 11.6 Å². The first-order valence-corrected chi connectivity index (χ1v) is 17.7. The molecular weight excluding hydrogens is 738 g/mol. The van der Waals surface area contributed by atoms with Gasteiger partial charge in [-0.1, -0.05) is 0 Å². The number of carboxylic acids is 1. The van der Waals surface area contributed by atoms with Crippen molar-refractivity contribution in [2.45, 2.75) is 25.4 Å². The summed E-state index contributed by atoms with van der Waals surface area (Å²) in [5, 5.41) is 17.8. The van der Waals surface area contributed by atoms with Crippen molar-refractivity contribution in [2.24, 2.45) is 0 Å². The number of carbonyl (C=O) groups is 5. The highest BCUT2D eigenvalue weighted by atomic mass is 16.6. The standard InChI is InChI=1S/C35H45N9O12/c36-35-42-31-30(33(49)43-35)40-25(22-39-31)21-38-24-3-1-23(2-4-24)32(48)41-26(34(50)51)5-6-27(45)37-9-11-52-13-15-54-17-19-56-20-18-55-16-14-53-12-10-44-28(46)7-8-29(44)47/h1-4,7-8,22,26,38H,5-6,9-21H2,(H,37,45)(H,41,48)(H,50,51)(H3,36,39,42,43,49)/t26-/m0/s1. The fourth-order valence-electron chi connectivity index (χ4n) is 4.90. The normalized spacial score (nSPS) is 13.0. The predicted octanol–water partition coefficient (Wildman–Crippen LogP) is -1.01. The van der Waals surface area contributed by atoms with Crippen molar-refractivity contribution >= 4 is 52.4 Å². The number of fused-ring (bicyclic) bond motifs is 1. The van der Waals surface area contributed by atoms with Crippen LogP contribution >= 0.6 is 0 Å². The second kappa shape index (κ2) is 23.1. The molecule has 1 aliphatic rings. The highest BCUT2D eigenvalue weighted by Crippen LogP contribution is 2.12. The van der Waals surface area contributed by atoms with E-state index in [1.54, 1.807) is 12.1 Å². The Kier molecular flexibility index (Phi) is 17.7. The molecule has 0 aliphatic carbocycles. The highest BCUT2D eigenvalue weighted by molar-refractivity contribution is 6.12. The number of nitrogens with two attached hydrogens (primary N) is 1. The number of imide groups is 1. The van der Waals surface area contributed by atoms with Gasteiger partial charge in [0.2, 0.25) is 11.9 Å². The average molecular weight is 784 g/mol. The Morgan fingerprint density at radius 1 is 0.821 bits per heavy atom. The van der Waals surface area contributed by atoms with Crippen molar-refractivity contribution < 1.29 is 52.8 Å². The fraction of sp³-hybridized carbons (Fsp3) is 0.457. The van der Waals surface area contributed by atoms with E-state index in [0.717, 1.165) is 4.90 Å². The molecule has 1 atom stereocenters. The van der Waals surface area contributed by atoms with E-state index in [2.05, 4.69) is 35.9 Å². The third kappa shape index (κ3) is 14.8. The number of nitrogens with one attached hydrogen (secondary N) is 4. The van der Waals surface area contributed by atoms with Gasteiger partial charge < -0.3 is 50.5 Å². The maximum absolute atomic E-state index is 12.7. The van der Waals surface area contributed by atoms with E-state index in [1.165, 1.54) is 30.5 Å². The number of carboxylic acid groups (broad SMARTS) is 1. The minimum atomic E-state index is -1.28. The van der Waals surface area contributed by atoms with Crippen molar-refractivity contribution in [2.75, 3.05) is 90.2 Å². The Labute approximate surface area is 320 Å². The van der Waals surface area contributed by atoms with Crippen molar-refractivity contribution in [3.63, 3.8) is 0 Å². The lowest BCUT2D eigenvalue weighted by molar-refractivity contribution is -0.140. The molecule has 4 rings (SSSR count). The smallest absolute Gasteiger partial charge is 0.326 e. The lowest BCUT2D eigenvalue weighted by atomic mass is 10.1. The fourth-order valence-corrected chi connectivity index (χ4v) is 4.90. The number of hydrogen-bond acceptors (Lipinski definition) is 16. The van der Waals surface area contributed by atoms with Gasteiger partial charge >= 0.3 is 5.97 Å². The quantitative estimate of drug-likeness (QED) is 0.0399. The maximum Gasteiger partial charge on any atom is 0.326 e. The minimum absolute atomic E-state index is 0.0491. The predicted molar refractivity (Wildman–Crippen MR) is 197 cm³/mol. The summed E-state index contributed by atoms with van der Waals surface area (Å²) in [6.07, 6.45) is 3.67. The van der Waals surface area contributed by atoms with E-state index >= 15 is 0 Å². The number of rotatable bonds is 27. The summed E-state index contributed by atoms with van der Waals surface area (Å²) in [6.45, 7) is 3.88. The molecule has 0 radical (unpaired) electrons. The summed E-state index contributed by atoms with van der Waals surface area (Å²) in [7, 11) is 0. The summed E-state index contributed by atoms with van der Waals surface area (Å²) in [5.41, 5.74) is 6.50. The molecule has 0 saturated heterocycles. The summed E-state index contributed by atoms with van der Waals surface area (Å²) in [6, 6.07) is 4.99. The summed E-state index contributed by atoms with van der Waals surface area (Å²) in [5.74, 6) is -3.01. The van der Waals surface area contributed by atoms with Crippen molar-refractivity contribution in [3.8, 4) is 0 Å². The van der Waals surface area contributed by atoms with Gasteiger partial charge in [-0.25, -0.2) is 14.8 Å². The van der Waals surface area contributed by atoms with Gasteiger partial charge in [0.05, 0.1) is 91.0 Å². The zero-order valence-electron chi connectivity index (χ0n) is 30.5. The topological polar surface area (TPSA) is 289 Å². The van der Waals surface area contributed by atoms with Crippen molar-refractivity contribution in [1.29, 1.82) is 0 Å². The average Bonchev–Trinajstić information content (AvgIpc) is 3.50. The Morgan fingerprint density at radius 3 is 2.02 bits per heavy atom. The zero-order valence-corrected chi connectivity index (χ0v) is 30.5. The molecular formula is C35H45N9O12. The summed E-state index contributed by atoms with van der Waals surface area (Å²) in [4.78, 5) is 87.5. The largest absolute Gasteiger partial charge is 0.480 e. The molecule has 1 aliphatic heterocycles. The number of nitrogen functional groups attached to an aromatic ring is 1. The molecule has 0 bridgehead atoms. The van der Waals surface area contributed by atoms with Gasteiger partial charge in [0.25, 0.3) is 23.3 Å². The lowest BCUT2D eigenvalue weighted by Crippen LogP contribution is -2.41. The van der Waals surface area contributed by atoms with Crippen molar-refractivity contribution in [3.05, 3.63) is 64.2 Å². The Bertz CT molecular complexity index is 1850. The number of hydrogen-bond donors (Lipinski definition) is 6. The van der Waals surface area contributed by atoms with Crippen LogP contribution in [0.1, 0.15) is 28.9 Å². The molecule has 3 aromatic rings. The van der Waals surface area contributed by atoms with Gasteiger partial charge in [0.1, 0.15) is 6.04 Å². The second-order valence-corrected chi connectivity index (χ2v) is 11.9. The molecule has 3 heterocycles. The van der Waals surface area contributed by atoms with E-state index in [9.17, 15) is 33.9 Å². The number of benzene rings is 1. The van der Waals surface area contributed by atoms with Gasteiger partial charge in [-0.2, -0.15) is 4.98 Å². The number of aromatic amines is 1. The molecule has 0 unspecified atom stereocenters. The lowest BCUT2D eigenvalue weighted by Gasteiger charge is -2.15. The first kappa shape index (κ1) is 42.9. The molecule has 4 amide bonds. The van der Waals surface area contributed by atoms with E-state index < -0.39 is 23.5 Å². The minimum Gasteiger partial charge on any atom is -0.480 e. The number of anilines is 2. The first-order chi connectivity index (χ1) is 27.1. The molecule has 0 saturated carbocycles. The van der Waals surface area contributed by atoms with Gasteiger partial charge in [-0.15, -0.1) is 0 Å². The van der Waals surface area contributed by atoms with Crippen LogP contribution in [-0.2, 0) is 49.4 Å². The van der Waals surface area contributed by atoms with Crippen LogP contribution in [0.5, 0.6) is 0 Å². The molecule has 56 heavy (non-hydrogen) atoms. The van der Waals surface area contributed by atoms with Crippen LogP contribution in [0.2, 0.25) is 0 Å². The third-order valence-electron chi connectivity index (χ3n) is 7.79. The second-order valence-electron chi connectivity index (χ2n) is 11.9. The van der Waals surface area contributed by atoms with Crippen molar-refractivity contribution in [1.82, 2.24) is 35.5 Å². The molecule has 0 spiro atoms. The van der Waals surface area contributed by atoms with E-state index in [1.807, 2.05) is 0 Å². The number of nitrogens with zero attached hydrogens (tertiary/aromatic N) is 4. The molecule has 302 valence electrons. The van der Waals surface area contributed by atoms with Gasteiger partial charge in [0, 0.05) is 36.4 Å². The Morgan fingerprint density at radius 2 is 1.41 bits per heavy atom. The van der Waals surface area contributed by atoms with Crippen LogP contribution in [-0.4, -0.2) is 145 Å². The highest BCUT2D eigenvalue weighted by Gasteiger charge is 2.23. The summed E-state index contributed by atoms with van der Waals surface area (Å²) < 4.78 is 27.0. The number of amides is 4. The number of aromatic nitrogens is 4. The monoisotopic (exact) mass is 783 g/mol. The maximum atomic E-state index is 12.7. The number of ether oxygens (including phenoxy) is 5. The molecule has 21 nitrogen and oxygen atoms in total. The molecule has 2 aromatic heterocycles. The molecule has 21 heteroatoms. The number of carbonyl (C=O) groups excluding carboxylic acids is 4. The molecule has 0 fully saturated rings. The van der Waals surface area contributed by atoms with E-state index in [-0.39, 0.29) is 86.1 Å². The van der Waals surface area contributed by atoms with Crippen LogP contribution in [0.25, 0.3) is 11.2 Å². The first-order valence-electron chi connectivity index (χ1n) is 17.7. The molecule has 7 N–H and O–H groups in total. The van der Waals surface area contributed by atoms with E-state index in [0.29, 0.717) is 64.2 Å². The number of aliphatic carboxylic acids is 1. The number of H-pyrrole nitrogens is 1. The third-order valence-corrected chi connectivity index (χ3v) is 7.79. The summed E-state index contributed by atoms with van der Waals surface area (Å²) >= 11 is 0.